The molecule has 0 spiro atoms. The minimum Gasteiger partial charge on any atom is -0.458 e. The number of hydrogen-bond acceptors (Lipinski definition) is 2. The highest BCUT2D eigenvalue weighted by Gasteiger charge is 2.59. The van der Waals surface area contributed by atoms with Crippen LogP contribution < -0.4 is 0 Å². The van der Waals surface area contributed by atoms with Crippen LogP contribution in [0.4, 0.5) is 0 Å². The summed E-state index contributed by atoms with van der Waals surface area (Å²) in [5.74, 6) is 5.03. The third kappa shape index (κ3) is 4.71. The lowest BCUT2D eigenvalue weighted by Crippen LogP contribution is -2.51. The van der Waals surface area contributed by atoms with E-state index in [1.54, 1.807) is 5.57 Å². The maximum atomic E-state index is 12.7. The van der Waals surface area contributed by atoms with Crippen LogP contribution in [0, 0.1) is 46.3 Å². The van der Waals surface area contributed by atoms with Gasteiger partial charge in [0.25, 0.3) is 0 Å². The number of carbonyl (C=O) groups is 1. The predicted octanol–water partition coefficient (Wildman–Crippen LogP) is 9.25. The fourth-order valence-electron chi connectivity index (χ4n) is 9.55. The first-order valence-corrected chi connectivity index (χ1v) is 15.2. The van der Waals surface area contributed by atoms with E-state index in [1.807, 2.05) is 30.3 Å². The van der Waals surface area contributed by atoms with Crippen LogP contribution in [0.3, 0.4) is 0 Å². The molecule has 198 valence electrons. The second-order valence-electron chi connectivity index (χ2n) is 13.9. The van der Waals surface area contributed by atoms with Crippen molar-refractivity contribution < 1.29 is 9.53 Å². The van der Waals surface area contributed by atoms with E-state index in [2.05, 4.69) is 40.7 Å². The summed E-state index contributed by atoms with van der Waals surface area (Å²) in [6.07, 6.45) is 17.0. The summed E-state index contributed by atoms with van der Waals surface area (Å²) < 4.78 is 6.00. The Labute approximate surface area is 220 Å². The lowest BCUT2D eigenvalue weighted by molar-refractivity contribution is -0.0594. The number of ether oxygens (including phenoxy) is 1. The van der Waals surface area contributed by atoms with E-state index in [-0.39, 0.29) is 12.1 Å². The summed E-state index contributed by atoms with van der Waals surface area (Å²) >= 11 is 0. The van der Waals surface area contributed by atoms with Crippen LogP contribution in [0.25, 0.3) is 0 Å². The molecule has 0 aromatic heterocycles. The summed E-state index contributed by atoms with van der Waals surface area (Å²) in [5.41, 5.74) is 3.12. The molecule has 0 heterocycles. The Hall–Kier alpha value is -1.57. The van der Waals surface area contributed by atoms with Crippen molar-refractivity contribution in [2.75, 3.05) is 0 Å². The van der Waals surface area contributed by atoms with Gasteiger partial charge < -0.3 is 4.74 Å². The van der Waals surface area contributed by atoms with Crippen LogP contribution in [0.15, 0.2) is 42.0 Å². The Bertz CT molecular complexity index is 947. The van der Waals surface area contributed by atoms with Crippen molar-refractivity contribution >= 4 is 5.97 Å². The highest BCUT2D eigenvalue weighted by atomic mass is 16.5. The zero-order chi connectivity index (χ0) is 25.5. The van der Waals surface area contributed by atoms with Crippen LogP contribution in [0.5, 0.6) is 0 Å². The lowest BCUT2D eigenvalue weighted by atomic mass is 9.47. The van der Waals surface area contributed by atoms with Gasteiger partial charge in [0.05, 0.1) is 5.56 Å². The molecule has 2 nitrogen and oxygen atoms in total. The van der Waals surface area contributed by atoms with Gasteiger partial charge >= 0.3 is 5.97 Å². The number of esters is 1. The number of benzene rings is 1. The molecule has 2 heteroatoms. The normalized spacial score (nSPS) is 38.5. The molecule has 3 saturated carbocycles. The van der Waals surface area contributed by atoms with Crippen LogP contribution in [-0.2, 0) is 4.74 Å². The average molecular weight is 491 g/mol. The third-order valence-corrected chi connectivity index (χ3v) is 11.5. The second kappa shape index (κ2) is 10.3. The van der Waals surface area contributed by atoms with Crippen LogP contribution >= 0.6 is 0 Å². The zero-order valence-electron chi connectivity index (χ0n) is 23.6. The minimum atomic E-state index is -0.161. The van der Waals surface area contributed by atoms with E-state index in [9.17, 15) is 4.79 Å². The van der Waals surface area contributed by atoms with Gasteiger partial charge in [0.2, 0.25) is 0 Å². The van der Waals surface area contributed by atoms with Crippen molar-refractivity contribution in [1.82, 2.24) is 0 Å². The van der Waals surface area contributed by atoms with E-state index in [1.165, 1.54) is 57.8 Å². The van der Waals surface area contributed by atoms with Crippen LogP contribution in [0.2, 0.25) is 0 Å². The van der Waals surface area contributed by atoms with Crippen molar-refractivity contribution in [1.29, 1.82) is 0 Å². The molecular formula is C34H50O2. The Morgan fingerprint density at radius 2 is 1.75 bits per heavy atom. The molecule has 0 unspecified atom stereocenters. The average Bonchev–Trinajstić information content (AvgIpc) is 3.22. The molecule has 1 aromatic rings. The van der Waals surface area contributed by atoms with Gasteiger partial charge in [-0.15, -0.1) is 0 Å². The molecule has 3 fully saturated rings. The smallest absolute Gasteiger partial charge is 0.338 e. The molecule has 5 rings (SSSR count). The van der Waals surface area contributed by atoms with E-state index in [4.69, 9.17) is 4.74 Å². The fourth-order valence-corrected chi connectivity index (χ4v) is 9.55. The molecule has 4 aliphatic rings. The van der Waals surface area contributed by atoms with Crippen molar-refractivity contribution in [2.24, 2.45) is 46.3 Å². The Balaban J connectivity index is 1.25. The van der Waals surface area contributed by atoms with Crippen LogP contribution in [0.1, 0.15) is 116 Å². The number of rotatable bonds is 7. The Morgan fingerprint density at radius 3 is 2.50 bits per heavy atom. The van der Waals surface area contributed by atoms with Crippen LogP contribution in [-0.4, -0.2) is 12.1 Å². The molecule has 0 amide bonds. The van der Waals surface area contributed by atoms with Gasteiger partial charge in [-0.05, 0) is 103 Å². The zero-order valence-corrected chi connectivity index (χ0v) is 23.6. The van der Waals surface area contributed by atoms with E-state index >= 15 is 0 Å². The van der Waals surface area contributed by atoms with E-state index in [0.717, 1.165) is 48.3 Å². The summed E-state index contributed by atoms with van der Waals surface area (Å²) in [6, 6.07) is 9.49. The summed E-state index contributed by atoms with van der Waals surface area (Å²) in [6.45, 7) is 12.6. The highest BCUT2D eigenvalue weighted by Crippen LogP contribution is 2.67. The maximum Gasteiger partial charge on any atom is 0.338 e. The maximum absolute atomic E-state index is 12.7. The minimum absolute atomic E-state index is 0.0324. The van der Waals surface area contributed by atoms with Gasteiger partial charge in [-0.25, -0.2) is 4.79 Å². The number of fused-ring (bicyclic) bond motifs is 5. The molecule has 0 bridgehead atoms. The van der Waals surface area contributed by atoms with Crippen molar-refractivity contribution in [3.8, 4) is 0 Å². The topological polar surface area (TPSA) is 26.3 Å². The van der Waals surface area contributed by atoms with Crippen molar-refractivity contribution in [2.45, 2.75) is 111 Å². The first-order chi connectivity index (χ1) is 17.2. The molecule has 0 N–H and O–H groups in total. The van der Waals surface area contributed by atoms with Gasteiger partial charge in [0.15, 0.2) is 0 Å². The van der Waals surface area contributed by atoms with Gasteiger partial charge in [-0.1, -0.05) is 83.7 Å². The molecule has 0 saturated heterocycles. The van der Waals surface area contributed by atoms with Crippen molar-refractivity contribution in [3.05, 3.63) is 47.5 Å². The molecular weight excluding hydrogens is 440 g/mol. The summed E-state index contributed by atoms with van der Waals surface area (Å²) in [7, 11) is 0. The van der Waals surface area contributed by atoms with Gasteiger partial charge in [0, 0.05) is 6.42 Å². The largest absolute Gasteiger partial charge is 0.458 e. The quantitative estimate of drug-likeness (QED) is 0.281. The van der Waals surface area contributed by atoms with E-state index < -0.39 is 0 Å². The Morgan fingerprint density at radius 1 is 0.972 bits per heavy atom. The first-order valence-electron chi connectivity index (χ1n) is 15.2. The molecule has 4 aliphatic carbocycles. The fraction of sp³-hybridized carbons (Fsp3) is 0.735. The monoisotopic (exact) mass is 490 g/mol. The predicted molar refractivity (Wildman–Crippen MR) is 149 cm³/mol. The van der Waals surface area contributed by atoms with Gasteiger partial charge in [-0.3, -0.25) is 0 Å². The second-order valence-corrected chi connectivity index (χ2v) is 13.9. The van der Waals surface area contributed by atoms with E-state index in [0.29, 0.717) is 16.4 Å². The molecule has 0 aliphatic heterocycles. The number of hydrogen-bond donors (Lipinski definition) is 0. The Kier molecular flexibility index (Phi) is 7.45. The van der Waals surface area contributed by atoms with Crippen molar-refractivity contribution in [3.63, 3.8) is 0 Å². The third-order valence-electron chi connectivity index (χ3n) is 11.5. The number of allylic oxidation sites excluding steroid dienone is 1. The molecule has 1 aromatic carbocycles. The summed E-state index contributed by atoms with van der Waals surface area (Å²) in [5, 5.41) is 0. The van der Waals surface area contributed by atoms with Gasteiger partial charge in [0.1, 0.15) is 6.10 Å². The number of carbonyl (C=O) groups excluding carboxylic acids is 1. The summed E-state index contributed by atoms with van der Waals surface area (Å²) in [4.78, 5) is 12.7. The molecule has 8 atom stereocenters. The first kappa shape index (κ1) is 26.1. The standard InChI is InChI=1S/C34H50O2/c1-23(2)10-9-11-24(3)29-16-17-30-28-15-14-26-22-27(36-32(35)25-12-7-6-8-13-25)18-20-33(26,4)31(28)19-21-34(29,30)5/h6-8,12-14,23-24,27-31H,9-11,15-22H2,1-5H3/t24-,27-,28-,29+,30-,31+,33-,34+/m0/s1. The highest BCUT2D eigenvalue weighted by molar-refractivity contribution is 5.89. The molecule has 0 radical (unpaired) electrons. The SMILES string of the molecule is CC(C)CCC[C@H](C)[C@H]1CC[C@H]2[C@@H]3CC=C4C[C@@H](OC(=O)c5ccccc5)CC[C@]4(C)[C@@H]3CC[C@]12C. The lowest BCUT2D eigenvalue weighted by Gasteiger charge is -2.58. The van der Waals surface area contributed by atoms with Gasteiger partial charge in [-0.2, -0.15) is 0 Å². The molecule has 36 heavy (non-hydrogen) atoms.